The summed E-state index contributed by atoms with van der Waals surface area (Å²) in [4.78, 5) is 22.4. The highest BCUT2D eigenvalue weighted by atomic mass is 16.4. The van der Waals surface area contributed by atoms with Crippen LogP contribution in [0.2, 0.25) is 0 Å². The summed E-state index contributed by atoms with van der Waals surface area (Å²) < 4.78 is 0. The summed E-state index contributed by atoms with van der Waals surface area (Å²) in [6.07, 6.45) is 0. The highest BCUT2D eigenvalue weighted by Gasteiger charge is 2.39. The molecule has 0 amide bonds. The van der Waals surface area contributed by atoms with E-state index in [0.29, 0.717) is 5.56 Å². The Morgan fingerprint density at radius 1 is 1.21 bits per heavy atom. The average Bonchev–Trinajstić information content (AvgIpc) is 2.17. The molecule has 1 N–H and O–H groups in total. The lowest BCUT2D eigenvalue weighted by molar-refractivity contribution is -0.147. The standard InChI is InChI=1S/C11H12O3/c1-8(12)11(2,10(13)14)9-6-4-3-5-7-9/h3-7H,1-2H3,(H,13,14)/t11-/m1/s1. The van der Waals surface area contributed by atoms with Gasteiger partial charge >= 0.3 is 5.97 Å². The van der Waals surface area contributed by atoms with E-state index in [-0.39, 0.29) is 5.78 Å². The van der Waals surface area contributed by atoms with E-state index in [2.05, 4.69) is 0 Å². The molecular formula is C11H12O3. The maximum absolute atomic E-state index is 11.3. The molecule has 1 aromatic rings. The van der Waals surface area contributed by atoms with Gasteiger partial charge in [-0.1, -0.05) is 30.3 Å². The van der Waals surface area contributed by atoms with E-state index in [4.69, 9.17) is 5.11 Å². The number of ketones is 1. The summed E-state index contributed by atoms with van der Waals surface area (Å²) in [6, 6.07) is 8.52. The lowest BCUT2D eigenvalue weighted by Gasteiger charge is -2.21. The van der Waals surface area contributed by atoms with Crippen LogP contribution in [0.3, 0.4) is 0 Å². The summed E-state index contributed by atoms with van der Waals surface area (Å²) in [5, 5.41) is 9.04. The van der Waals surface area contributed by atoms with Gasteiger partial charge in [0.1, 0.15) is 5.41 Å². The fraction of sp³-hybridized carbons (Fsp3) is 0.273. The van der Waals surface area contributed by atoms with Crippen molar-refractivity contribution < 1.29 is 14.7 Å². The molecule has 0 radical (unpaired) electrons. The number of carboxylic acids is 1. The number of hydrogen-bond donors (Lipinski definition) is 1. The van der Waals surface area contributed by atoms with Crippen molar-refractivity contribution in [3.05, 3.63) is 35.9 Å². The average molecular weight is 192 g/mol. The van der Waals surface area contributed by atoms with Crippen molar-refractivity contribution in [1.29, 1.82) is 0 Å². The first-order chi connectivity index (χ1) is 6.49. The minimum Gasteiger partial charge on any atom is -0.480 e. The second kappa shape index (κ2) is 3.62. The molecule has 0 unspecified atom stereocenters. The van der Waals surface area contributed by atoms with E-state index >= 15 is 0 Å². The van der Waals surface area contributed by atoms with Gasteiger partial charge in [0.2, 0.25) is 0 Å². The summed E-state index contributed by atoms with van der Waals surface area (Å²) in [5.41, 5.74) is -0.915. The van der Waals surface area contributed by atoms with E-state index in [1.165, 1.54) is 13.8 Å². The number of rotatable bonds is 3. The summed E-state index contributed by atoms with van der Waals surface area (Å²) in [7, 11) is 0. The number of carbonyl (C=O) groups is 2. The first-order valence-electron chi connectivity index (χ1n) is 4.29. The van der Waals surface area contributed by atoms with Gasteiger partial charge in [-0.25, -0.2) is 0 Å². The second-order valence-electron chi connectivity index (χ2n) is 3.35. The smallest absolute Gasteiger partial charge is 0.321 e. The van der Waals surface area contributed by atoms with Crippen LogP contribution < -0.4 is 0 Å². The number of carbonyl (C=O) groups excluding carboxylic acids is 1. The van der Waals surface area contributed by atoms with Gasteiger partial charge in [0.15, 0.2) is 5.78 Å². The van der Waals surface area contributed by atoms with E-state index in [9.17, 15) is 9.59 Å². The molecule has 1 rings (SSSR count). The van der Waals surface area contributed by atoms with Crippen LogP contribution in [-0.4, -0.2) is 16.9 Å². The van der Waals surface area contributed by atoms with Crippen LogP contribution in [0.15, 0.2) is 30.3 Å². The predicted octanol–water partition coefficient (Wildman–Crippen LogP) is 1.62. The Balaban J connectivity index is 3.27. The van der Waals surface area contributed by atoms with E-state index in [0.717, 1.165) is 0 Å². The first-order valence-corrected chi connectivity index (χ1v) is 4.29. The zero-order valence-electron chi connectivity index (χ0n) is 8.15. The lowest BCUT2D eigenvalue weighted by atomic mass is 9.79. The quantitative estimate of drug-likeness (QED) is 0.740. The molecule has 0 saturated carbocycles. The summed E-state index contributed by atoms with van der Waals surface area (Å²) in [5.74, 6) is -1.48. The predicted molar refractivity (Wildman–Crippen MR) is 52.1 cm³/mol. The highest BCUT2D eigenvalue weighted by molar-refractivity contribution is 6.07. The van der Waals surface area contributed by atoms with Crippen molar-refractivity contribution in [2.24, 2.45) is 0 Å². The molecule has 0 fully saturated rings. The summed E-state index contributed by atoms with van der Waals surface area (Å²) >= 11 is 0. The number of Topliss-reactive ketones (excluding diaryl/α,β-unsaturated/α-hetero) is 1. The van der Waals surface area contributed by atoms with Gasteiger partial charge in [-0.3, -0.25) is 9.59 Å². The minimum atomic E-state index is -1.43. The fourth-order valence-corrected chi connectivity index (χ4v) is 1.25. The van der Waals surface area contributed by atoms with Crippen LogP contribution in [0.5, 0.6) is 0 Å². The van der Waals surface area contributed by atoms with Crippen molar-refractivity contribution in [2.45, 2.75) is 19.3 Å². The van der Waals surface area contributed by atoms with Gasteiger partial charge in [0.05, 0.1) is 0 Å². The van der Waals surface area contributed by atoms with E-state index < -0.39 is 11.4 Å². The number of hydrogen-bond acceptors (Lipinski definition) is 2. The monoisotopic (exact) mass is 192 g/mol. The molecule has 0 aliphatic carbocycles. The molecule has 3 heteroatoms. The van der Waals surface area contributed by atoms with Crippen molar-refractivity contribution in [1.82, 2.24) is 0 Å². The SMILES string of the molecule is CC(=O)[C@@](C)(C(=O)O)c1ccccc1. The van der Waals surface area contributed by atoms with E-state index in [1.54, 1.807) is 30.3 Å². The largest absolute Gasteiger partial charge is 0.480 e. The van der Waals surface area contributed by atoms with Crippen LogP contribution in [-0.2, 0) is 15.0 Å². The van der Waals surface area contributed by atoms with Gasteiger partial charge in [-0.05, 0) is 19.4 Å². The van der Waals surface area contributed by atoms with Crippen molar-refractivity contribution in [3.8, 4) is 0 Å². The highest BCUT2D eigenvalue weighted by Crippen LogP contribution is 2.24. The van der Waals surface area contributed by atoms with Crippen LogP contribution in [0.4, 0.5) is 0 Å². The Hall–Kier alpha value is -1.64. The van der Waals surface area contributed by atoms with Gasteiger partial charge in [0.25, 0.3) is 0 Å². The number of carboxylic acid groups (broad SMARTS) is 1. The molecule has 1 aromatic carbocycles. The molecule has 0 saturated heterocycles. The third-order valence-corrected chi connectivity index (χ3v) is 2.48. The zero-order chi connectivity index (χ0) is 10.8. The molecule has 3 nitrogen and oxygen atoms in total. The summed E-state index contributed by atoms with van der Waals surface area (Å²) in [6.45, 7) is 2.72. The van der Waals surface area contributed by atoms with Crippen LogP contribution in [0.25, 0.3) is 0 Å². The zero-order valence-corrected chi connectivity index (χ0v) is 8.15. The molecule has 14 heavy (non-hydrogen) atoms. The third-order valence-electron chi connectivity index (χ3n) is 2.48. The lowest BCUT2D eigenvalue weighted by Crippen LogP contribution is -2.39. The molecule has 74 valence electrons. The van der Waals surface area contributed by atoms with E-state index in [1.807, 2.05) is 0 Å². The van der Waals surface area contributed by atoms with Crippen LogP contribution in [0.1, 0.15) is 19.4 Å². The Labute approximate surface area is 82.4 Å². The molecule has 0 aliphatic rings. The Bertz CT molecular complexity index is 340. The van der Waals surface area contributed by atoms with Crippen molar-refractivity contribution >= 4 is 11.8 Å². The van der Waals surface area contributed by atoms with Gasteiger partial charge < -0.3 is 5.11 Å². The normalized spacial score (nSPS) is 14.4. The Morgan fingerprint density at radius 3 is 2.07 bits per heavy atom. The molecular weight excluding hydrogens is 180 g/mol. The maximum Gasteiger partial charge on any atom is 0.321 e. The van der Waals surface area contributed by atoms with Gasteiger partial charge in [0, 0.05) is 0 Å². The topological polar surface area (TPSA) is 54.4 Å². The van der Waals surface area contributed by atoms with Crippen molar-refractivity contribution in [3.63, 3.8) is 0 Å². The van der Waals surface area contributed by atoms with Crippen LogP contribution >= 0.6 is 0 Å². The van der Waals surface area contributed by atoms with Gasteiger partial charge in [-0.15, -0.1) is 0 Å². The third kappa shape index (κ3) is 1.53. The molecule has 0 bridgehead atoms. The first kappa shape index (κ1) is 10.4. The maximum atomic E-state index is 11.3. The molecule has 1 atom stereocenters. The molecule has 0 aliphatic heterocycles. The van der Waals surface area contributed by atoms with Crippen LogP contribution in [0, 0.1) is 0 Å². The van der Waals surface area contributed by atoms with Crippen molar-refractivity contribution in [2.75, 3.05) is 0 Å². The second-order valence-corrected chi connectivity index (χ2v) is 3.35. The van der Waals surface area contributed by atoms with Gasteiger partial charge in [-0.2, -0.15) is 0 Å². The molecule has 0 heterocycles. The molecule has 0 aromatic heterocycles. The number of aliphatic carboxylic acids is 1. The Morgan fingerprint density at radius 2 is 1.71 bits per heavy atom. The number of benzene rings is 1. The molecule has 0 spiro atoms. The minimum absolute atomic E-state index is 0.365. The Kier molecular flexibility index (Phi) is 2.70. The fourth-order valence-electron chi connectivity index (χ4n) is 1.25.